The number of hydrogen-bond donors (Lipinski definition) is 3. The van der Waals surface area contributed by atoms with Gasteiger partial charge in [0.05, 0.1) is 5.25 Å². The summed E-state index contributed by atoms with van der Waals surface area (Å²) in [6.07, 6.45) is 2.27. The van der Waals surface area contributed by atoms with Crippen molar-refractivity contribution in [2.75, 3.05) is 10.6 Å². The zero-order chi connectivity index (χ0) is 34.0. The molecule has 0 saturated heterocycles. The Labute approximate surface area is 290 Å². The van der Waals surface area contributed by atoms with Crippen molar-refractivity contribution in [2.24, 2.45) is 0 Å². The predicted molar refractivity (Wildman–Crippen MR) is 201 cm³/mol. The number of thioether (sulfide) groups is 1. The highest BCUT2D eigenvalue weighted by Gasteiger charge is 2.20. The lowest BCUT2D eigenvalue weighted by atomic mass is 10.0. The first-order chi connectivity index (χ1) is 24.0. The summed E-state index contributed by atoms with van der Waals surface area (Å²) in [4.78, 5) is 41.1. The van der Waals surface area contributed by atoms with E-state index >= 15 is 0 Å². The quantitative estimate of drug-likeness (QED) is 0.0954. The van der Waals surface area contributed by atoms with E-state index in [0.29, 0.717) is 17.7 Å². The molecule has 242 valence electrons. The third-order valence-corrected chi connectivity index (χ3v) is 9.30. The molecule has 6 aromatic rings. The Morgan fingerprint density at radius 2 is 1.33 bits per heavy atom. The van der Waals surface area contributed by atoms with Crippen molar-refractivity contribution < 1.29 is 14.4 Å². The fourth-order valence-electron chi connectivity index (χ4n) is 5.39. The van der Waals surface area contributed by atoms with Crippen molar-refractivity contribution in [2.45, 2.75) is 23.5 Å². The van der Waals surface area contributed by atoms with Crippen LogP contribution >= 0.6 is 11.8 Å². The molecule has 0 aromatic heterocycles. The summed E-state index contributed by atoms with van der Waals surface area (Å²) in [6, 6.07) is 47.8. The lowest BCUT2D eigenvalue weighted by Crippen LogP contribution is -2.30. The molecule has 1 unspecified atom stereocenters. The van der Waals surface area contributed by atoms with Gasteiger partial charge in [0.25, 0.3) is 11.8 Å². The first-order valence-corrected chi connectivity index (χ1v) is 16.9. The van der Waals surface area contributed by atoms with Gasteiger partial charge in [-0.1, -0.05) is 122 Å². The van der Waals surface area contributed by atoms with Crippen molar-refractivity contribution in [1.82, 2.24) is 5.32 Å². The zero-order valence-corrected chi connectivity index (χ0v) is 27.7. The van der Waals surface area contributed by atoms with Crippen LogP contribution in [0.25, 0.3) is 28.0 Å². The molecule has 0 aliphatic carbocycles. The predicted octanol–water partition coefficient (Wildman–Crippen LogP) is 9.43. The summed E-state index contributed by atoms with van der Waals surface area (Å²) in [7, 11) is 0. The number of benzene rings is 6. The second kappa shape index (κ2) is 15.8. The Balaban J connectivity index is 1.19. The third kappa shape index (κ3) is 8.52. The summed E-state index contributed by atoms with van der Waals surface area (Å²) in [5.41, 5.74) is 4.73. The summed E-state index contributed by atoms with van der Waals surface area (Å²) in [5, 5.41) is 10.5. The molecule has 0 bridgehead atoms. The average Bonchev–Trinajstić information content (AvgIpc) is 3.15. The van der Waals surface area contributed by atoms with Crippen LogP contribution in [0.1, 0.15) is 29.3 Å². The molecule has 0 aliphatic heterocycles. The maximum atomic E-state index is 13.7. The molecule has 0 radical (unpaired) electrons. The summed E-state index contributed by atoms with van der Waals surface area (Å²) in [5.74, 6) is -0.958. The van der Waals surface area contributed by atoms with Crippen molar-refractivity contribution in [3.05, 3.63) is 168 Å². The molecule has 3 N–H and O–H groups in total. The Morgan fingerprint density at radius 3 is 2.08 bits per heavy atom. The van der Waals surface area contributed by atoms with E-state index in [9.17, 15) is 14.4 Å². The molecule has 49 heavy (non-hydrogen) atoms. The maximum Gasteiger partial charge on any atom is 0.272 e. The molecule has 0 fully saturated rings. The van der Waals surface area contributed by atoms with E-state index in [0.717, 1.165) is 38.0 Å². The zero-order valence-electron chi connectivity index (χ0n) is 26.9. The molecule has 1 atom stereocenters. The van der Waals surface area contributed by atoms with Crippen LogP contribution in [-0.4, -0.2) is 23.0 Å². The SMILES string of the molecule is CCC(Sc1cccc(NC(=O)/C(=C\c2ccc(-c3ccccc3)cc2)NC(=O)c2ccccc2)c1)C(=O)Nc1cccc2ccccc12. The summed E-state index contributed by atoms with van der Waals surface area (Å²) in [6.45, 7) is 1.98. The van der Waals surface area contributed by atoms with Gasteiger partial charge in [-0.25, -0.2) is 0 Å². The van der Waals surface area contributed by atoms with Crippen LogP contribution in [0.3, 0.4) is 0 Å². The molecular formula is C42H35N3O3S. The minimum Gasteiger partial charge on any atom is -0.325 e. The van der Waals surface area contributed by atoms with E-state index in [4.69, 9.17) is 0 Å². The molecule has 0 spiro atoms. The van der Waals surface area contributed by atoms with Gasteiger partial charge in [0.2, 0.25) is 5.91 Å². The van der Waals surface area contributed by atoms with Crippen molar-refractivity contribution >= 4 is 57.7 Å². The van der Waals surface area contributed by atoms with Crippen molar-refractivity contribution in [1.29, 1.82) is 0 Å². The van der Waals surface area contributed by atoms with Crippen LogP contribution < -0.4 is 16.0 Å². The molecule has 6 rings (SSSR count). The van der Waals surface area contributed by atoms with Crippen LogP contribution in [0.5, 0.6) is 0 Å². The van der Waals surface area contributed by atoms with Gasteiger partial charge in [-0.2, -0.15) is 0 Å². The van der Waals surface area contributed by atoms with Crippen molar-refractivity contribution in [3.8, 4) is 11.1 Å². The number of carbonyl (C=O) groups is 3. The Kier molecular flexibility index (Phi) is 10.6. The van der Waals surface area contributed by atoms with Crippen LogP contribution in [0.15, 0.2) is 162 Å². The first-order valence-electron chi connectivity index (χ1n) is 16.1. The summed E-state index contributed by atoms with van der Waals surface area (Å²) < 4.78 is 0. The number of fused-ring (bicyclic) bond motifs is 1. The van der Waals surface area contributed by atoms with Gasteiger partial charge in [0.15, 0.2) is 0 Å². The lowest BCUT2D eigenvalue weighted by Gasteiger charge is -2.17. The molecule has 6 aromatic carbocycles. The maximum absolute atomic E-state index is 13.7. The highest BCUT2D eigenvalue weighted by molar-refractivity contribution is 8.00. The largest absolute Gasteiger partial charge is 0.325 e. The van der Waals surface area contributed by atoms with E-state index in [-0.39, 0.29) is 16.9 Å². The fraction of sp³-hybridized carbons (Fsp3) is 0.0714. The summed E-state index contributed by atoms with van der Waals surface area (Å²) >= 11 is 1.43. The Hall–Kier alpha value is -5.92. The molecule has 0 saturated carbocycles. The molecule has 0 heterocycles. The molecule has 3 amide bonds. The van der Waals surface area contributed by atoms with E-state index in [1.165, 1.54) is 11.8 Å². The Bertz CT molecular complexity index is 2110. The van der Waals surface area contributed by atoms with Crippen LogP contribution in [0.2, 0.25) is 0 Å². The van der Waals surface area contributed by atoms with Gasteiger partial charge in [-0.15, -0.1) is 11.8 Å². The van der Waals surface area contributed by atoms with Gasteiger partial charge in [-0.3, -0.25) is 14.4 Å². The normalized spacial score (nSPS) is 11.8. The molecular weight excluding hydrogens is 627 g/mol. The lowest BCUT2D eigenvalue weighted by molar-refractivity contribution is -0.116. The highest BCUT2D eigenvalue weighted by Crippen LogP contribution is 2.30. The number of rotatable bonds is 11. The number of hydrogen-bond acceptors (Lipinski definition) is 4. The van der Waals surface area contributed by atoms with Crippen LogP contribution in [-0.2, 0) is 9.59 Å². The van der Waals surface area contributed by atoms with Gasteiger partial charge >= 0.3 is 0 Å². The minimum atomic E-state index is -0.473. The molecule has 0 aliphatic rings. The number of carbonyl (C=O) groups excluding carboxylic acids is 3. The monoisotopic (exact) mass is 661 g/mol. The molecule has 7 heteroatoms. The van der Waals surface area contributed by atoms with Crippen LogP contribution in [0.4, 0.5) is 11.4 Å². The van der Waals surface area contributed by atoms with Crippen molar-refractivity contribution in [3.63, 3.8) is 0 Å². The minimum absolute atomic E-state index is 0.0922. The average molecular weight is 662 g/mol. The second-order valence-electron chi connectivity index (χ2n) is 11.4. The van der Waals surface area contributed by atoms with Crippen LogP contribution in [0, 0.1) is 0 Å². The topological polar surface area (TPSA) is 87.3 Å². The van der Waals surface area contributed by atoms with Gasteiger partial charge < -0.3 is 16.0 Å². The van der Waals surface area contributed by atoms with E-state index in [1.54, 1.807) is 36.4 Å². The highest BCUT2D eigenvalue weighted by atomic mass is 32.2. The number of amides is 3. The third-order valence-electron chi connectivity index (χ3n) is 7.94. The standard InChI is InChI=1S/C42H35N3O3S/c1-2-39(42(48)44-37-22-11-18-32-15-9-10-21-36(32)37)49-35-20-12-19-34(28-35)43-41(47)38(45-40(46)33-16-7-4-8-17-33)27-29-23-25-31(26-24-29)30-13-5-3-6-14-30/h3-28,39H,2H2,1H3,(H,43,47)(H,44,48)(H,45,46)/b38-27+. The van der Waals surface area contributed by atoms with E-state index in [1.807, 2.05) is 128 Å². The van der Waals surface area contributed by atoms with E-state index < -0.39 is 11.8 Å². The smallest absolute Gasteiger partial charge is 0.272 e. The van der Waals surface area contributed by atoms with Gasteiger partial charge in [-0.05, 0) is 71.0 Å². The second-order valence-corrected chi connectivity index (χ2v) is 12.7. The van der Waals surface area contributed by atoms with Gasteiger partial charge in [0, 0.05) is 27.2 Å². The van der Waals surface area contributed by atoms with Gasteiger partial charge in [0.1, 0.15) is 5.70 Å². The molecule has 6 nitrogen and oxygen atoms in total. The van der Waals surface area contributed by atoms with E-state index in [2.05, 4.69) is 16.0 Å². The fourth-order valence-corrected chi connectivity index (χ4v) is 6.40. The first kappa shape index (κ1) is 33.0. The Morgan fingerprint density at radius 1 is 0.673 bits per heavy atom. The number of nitrogens with one attached hydrogen (secondary N) is 3. The number of anilines is 2.